The van der Waals surface area contributed by atoms with Crippen LogP contribution in [0.5, 0.6) is 0 Å². The predicted octanol–water partition coefficient (Wildman–Crippen LogP) is 3.32. The maximum absolute atomic E-state index is 14.6. The summed E-state index contributed by atoms with van der Waals surface area (Å²) in [6.07, 6.45) is 0.0711. The molecule has 2 aromatic rings. The normalized spacial score (nSPS) is 19.1. The zero-order chi connectivity index (χ0) is 21.1. The first-order valence-corrected chi connectivity index (χ1v) is 9.72. The lowest BCUT2D eigenvalue weighted by Gasteiger charge is -2.18. The van der Waals surface area contributed by atoms with Gasteiger partial charge in [0.25, 0.3) is 0 Å². The fourth-order valence-electron chi connectivity index (χ4n) is 4.02. The Balaban J connectivity index is 1.85. The zero-order valence-corrected chi connectivity index (χ0v) is 16.6. The van der Waals surface area contributed by atoms with Crippen LogP contribution in [0.4, 0.5) is 8.78 Å². The van der Waals surface area contributed by atoms with Gasteiger partial charge >= 0.3 is 0 Å². The number of nitrogens with zero attached hydrogens (tertiary/aromatic N) is 1. The Morgan fingerprint density at radius 2 is 1.72 bits per heavy atom. The lowest BCUT2D eigenvalue weighted by molar-refractivity contribution is -0.134. The van der Waals surface area contributed by atoms with E-state index in [1.165, 1.54) is 17.0 Å². The Hall–Kier alpha value is -2.60. The van der Waals surface area contributed by atoms with Crippen LogP contribution in [0.15, 0.2) is 36.4 Å². The van der Waals surface area contributed by atoms with Crippen LogP contribution in [0.3, 0.4) is 0 Å². The van der Waals surface area contributed by atoms with Crippen molar-refractivity contribution in [2.75, 3.05) is 19.7 Å². The molecule has 1 fully saturated rings. The summed E-state index contributed by atoms with van der Waals surface area (Å²) >= 11 is 0. The van der Waals surface area contributed by atoms with E-state index in [2.05, 4.69) is 0 Å². The van der Waals surface area contributed by atoms with Gasteiger partial charge in [-0.2, -0.15) is 0 Å². The standard InChI is InChI=1S/C23H25F2NO3/c1-14-3-5-16(6-4-14)11-17(28)12-18-19(13-26(7-8-27)23(18)29)22-20(24)9-15(2)10-21(22)25/h3-6,9-10,18-19,27H,7-8,11-13H2,1-2H3/t18-,19+/m0/s1. The van der Waals surface area contributed by atoms with Gasteiger partial charge in [0.2, 0.25) is 5.91 Å². The average molecular weight is 401 g/mol. The van der Waals surface area contributed by atoms with Gasteiger partial charge in [-0.15, -0.1) is 0 Å². The number of aliphatic hydroxyl groups excluding tert-OH is 1. The molecule has 3 rings (SSSR count). The number of ketones is 1. The topological polar surface area (TPSA) is 57.6 Å². The van der Waals surface area contributed by atoms with Crippen molar-refractivity contribution in [1.82, 2.24) is 4.90 Å². The van der Waals surface area contributed by atoms with Crippen LogP contribution < -0.4 is 0 Å². The highest BCUT2D eigenvalue weighted by Crippen LogP contribution is 2.38. The van der Waals surface area contributed by atoms with Gasteiger partial charge in [0.1, 0.15) is 17.4 Å². The molecule has 0 unspecified atom stereocenters. The zero-order valence-electron chi connectivity index (χ0n) is 16.6. The van der Waals surface area contributed by atoms with Crippen LogP contribution >= 0.6 is 0 Å². The summed E-state index contributed by atoms with van der Waals surface area (Å²) < 4.78 is 29.2. The highest BCUT2D eigenvalue weighted by Gasteiger charge is 2.43. The van der Waals surface area contributed by atoms with Crippen LogP contribution in [0.2, 0.25) is 0 Å². The van der Waals surface area contributed by atoms with Crippen LogP contribution in [0.1, 0.15) is 34.6 Å². The minimum Gasteiger partial charge on any atom is -0.395 e. The highest BCUT2D eigenvalue weighted by molar-refractivity contribution is 5.90. The second-order valence-corrected chi connectivity index (χ2v) is 7.77. The molecule has 2 aromatic carbocycles. The number of carbonyl (C=O) groups is 2. The molecule has 1 heterocycles. The Morgan fingerprint density at radius 1 is 1.10 bits per heavy atom. The van der Waals surface area contributed by atoms with Crippen molar-refractivity contribution in [2.45, 2.75) is 32.6 Å². The quantitative estimate of drug-likeness (QED) is 0.774. The number of halogens is 2. The molecule has 154 valence electrons. The number of aliphatic hydroxyl groups is 1. The summed E-state index contributed by atoms with van der Waals surface area (Å²) in [6.45, 7) is 3.46. The molecule has 0 aliphatic carbocycles. The summed E-state index contributed by atoms with van der Waals surface area (Å²) in [5.74, 6) is -3.52. The molecule has 1 N–H and O–H groups in total. The van der Waals surface area contributed by atoms with Crippen molar-refractivity contribution in [2.24, 2.45) is 5.92 Å². The maximum atomic E-state index is 14.6. The van der Waals surface area contributed by atoms with Gasteiger partial charge in [-0.05, 0) is 37.1 Å². The molecule has 2 atom stereocenters. The van der Waals surface area contributed by atoms with Gasteiger partial charge in [-0.25, -0.2) is 8.78 Å². The fraction of sp³-hybridized carbons (Fsp3) is 0.391. The second kappa shape index (κ2) is 8.82. The van der Waals surface area contributed by atoms with Crippen molar-refractivity contribution in [3.8, 4) is 0 Å². The van der Waals surface area contributed by atoms with Crippen LogP contribution in [-0.2, 0) is 16.0 Å². The van der Waals surface area contributed by atoms with E-state index in [0.29, 0.717) is 5.56 Å². The maximum Gasteiger partial charge on any atom is 0.226 e. The number of likely N-dealkylation sites (tertiary alicyclic amines) is 1. The van der Waals surface area contributed by atoms with Crippen molar-refractivity contribution in [1.29, 1.82) is 0 Å². The van der Waals surface area contributed by atoms with Gasteiger partial charge < -0.3 is 10.0 Å². The Bertz CT molecular complexity index is 888. The lowest BCUT2D eigenvalue weighted by Crippen LogP contribution is -2.30. The minimum atomic E-state index is -0.841. The van der Waals surface area contributed by atoms with E-state index in [1.807, 2.05) is 31.2 Å². The third-order valence-electron chi connectivity index (χ3n) is 5.47. The molecule has 29 heavy (non-hydrogen) atoms. The molecule has 0 spiro atoms. The van der Waals surface area contributed by atoms with E-state index < -0.39 is 23.5 Å². The molecule has 4 nitrogen and oxygen atoms in total. The smallest absolute Gasteiger partial charge is 0.226 e. The number of carbonyl (C=O) groups excluding carboxylic acids is 2. The van der Waals surface area contributed by atoms with Crippen molar-refractivity contribution in [3.05, 3.63) is 70.3 Å². The molecule has 6 heteroatoms. The second-order valence-electron chi connectivity index (χ2n) is 7.77. The largest absolute Gasteiger partial charge is 0.395 e. The molecule has 0 saturated carbocycles. The number of aryl methyl sites for hydroxylation is 2. The van der Waals surface area contributed by atoms with Gasteiger partial charge in [-0.1, -0.05) is 29.8 Å². The van der Waals surface area contributed by atoms with E-state index in [-0.39, 0.29) is 49.8 Å². The van der Waals surface area contributed by atoms with Crippen LogP contribution in [0.25, 0.3) is 0 Å². The first-order chi connectivity index (χ1) is 13.8. The lowest BCUT2D eigenvalue weighted by atomic mass is 9.83. The van der Waals surface area contributed by atoms with E-state index in [4.69, 9.17) is 0 Å². The van der Waals surface area contributed by atoms with E-state index >= 15 is 0 Å². The molecular formula is C23H25F2NO3. The monoisotopic (exact) mass is 401 g/mol. The van der Waals surface area contributed by atoms with Crippen molar-refractivity contribution >= 4 is 11.7 Å². The van der Waals surface area contributed by atoms with Gasteiger partial charge in [-0.3, -0.25) is 9.59 Å². The molecule has 1 amide bonds. The Labute approximate surface area is 169 Å². The van der Waals surface area contributed by atoms with Gasteiger partial charge in [0, 0.05) is 37.4 Å². The Morgan fingerprint density at radius 3 is 2.31 bits per heavy atom. The summed E-state index contributed by atoms with van der Waals surface area (Å²) in [5, 5.41) is 9.22. The molecule has 1 aliphatic rings. The molecule has 1 aliphatic heterocycles. The fourth-order valence-corrected chi connectivity index (χ4v) is 4.02. The average Bonchev–Trinajstić information content (AvgIpc) is 2.93. The number of benzene rings is 2. The van der Waals surface area contributed by atoms with Gasteiger partial charge in [0.15, 0.2) is 0 Å². The number of amides is 1. The van der Waals surface area contributed by atoms with E-state index in [0.717, 1.165) is 11.1 Å². The summed E-state index contributed by atoms with van der Waals surface area (Å²) in [5.41, 5.74) is 2.21. The first kappa shape index (κ1) is 21.1. The van der Waals surface area contributed by atoms with Gasteiger partial charge in [0.05, 0.1) is 12.5 Å². The molecule has 0 bridgehead atoms. The summed E-state index contributed by atoms with van der Waals surface area (Å²) in [6, 6.07) is 10.0. The third kappa shape index (κ3) is 4.70. The summed E-state index contributed by atoms with van der Waals surface area (Å²) in [7, 11) is 0. The third-order valence-corrected chi connectivity index (χ3v) is 5.47. The predicted molar refractivity (Wildman–Crippen MR) is 105 cm³/mol. The molecule has 0 aromatic heterocycles. The van der Waals surface area contributed by atoms with Crippen LogP contribution in [-0.4, -0.2) is 41.4 Å². The first-order valence-electron chi connectivity index (χ1n) is 9.72. The number of hydrogen-bond acceptors (Lipinski definition) is 3. The Kier molecular flexibility index (Phi) is 6.42. The van der Waals surface area contributed by atoms with Crippen LogP contribution in [0, 0.1) is 31.4 Å². The van der Waals surface area contributed by atoms with Crippen molar-refractivity contribution in [3.63, 3.8) is 0 Å². The van der Waals surface area contributed by atoms with E-state index in [9.17, 15) is 23.5 Å². The van der Waals surface area contributed by atoms with E-state index in [1.54, 1.807) is 6.92 Å². The number of Topliss-reactive ketones (excluding diaryl/α,β-unsaturated/α-hetero) is 1. The highest BCUT2D eigenvalue weighted by atomic mass is 19.1. The number of β-amino-alcohol motifs (C(OH)–C–C–N with tert-alkyl or cyclic N) is 1. The summed E-state index contributed by atoms with van der Waals surface area (Å²) in [4.78, 5) is 26.9. The molecule has 0 radical (unpaired) electrons. The number of hydrogen-bond donors (Lipinski definition) is 1. The van der Waals surface area contributed by atoms with Crippen molar-refractivity contribution < 1.29 is 23.5 Å². The minimum absolute atomic E-state index is 0.0765. The molecular weight excluding hydrogens is 376 g/mol. The SMILES string of the molecule is Cc1ccc(CC(=O)C[C@@H]2C(=O)N(CCO)C[C@H]2c2c(F)cc(C)cc2F)cc1. The number of rotatable bonds is 7. The molecule has 1 saturated heterocycles.